The minimum absolute atomic E-state index is 0.0666. The first kappa shape index (κ1) is 35.2. The number of nitrogens with zero attached hydrogens (tertiary/aromatic N) is 2. The molecule has 8 aromatic carbocycles. The Labute approximate surface area is 365 Å². The number of rotatable bonds is 2. The van der Waals surface area contributed by atoms with E-state index in [1.165, 1.54) is 72.1 Å². The van der Waals surface area contributed by atoms with Crippen LogP contribution in [0.4, 0.5) is 17.1 Å². The van der Waals surface area contributed by atoms with Crippen LogP contribution < -0.4 is 25.3 Å². The number of aromatic nitrogens is 1. The van der Waals surface area contributed by atoms with Crippen molar-refractivity contribution in [3.63, 3.8) is 0 Å². The molecular weight excluding hydrogens is 771 g/mol. The van der Waals surface area contributed by atoms with Crippen LogP contribution in [0.3, 0.4) is 0 Å². The van der Waals surface area contributed by atoms with E-state index in [-0.39, 0.29) is 17.7 Å². The van der Waals surface area contributed by atoms with Crippen molar-refractivity contribution in [2.75, 3.05) is 4.90 Å². The fourth-order valence-corrected chi connectivity index (χ4v) is 11.5. The standard InChI is InChI=1S/C57H41BN2O3/c1-56(2,3)33-26-27-43(38(28-33)32-16-7-6-8-17-32)59-44-31-49-48(61-46-24-13-14-25-47(46)62-49)30-42(44)58-52-40(29-39-34-18-9-11-22-41(34)57(4,5)51(39)54(52)59)35-20-15-21-37-50-36-19-10-12-23-45(36)63-55(50)60(58)53(35)37/h6-31H,1-5H3. The molecule has 0 saturated heterocycles. The Morgan fingerprint density at radius 2 is 1.25 bits per heavy atom. The second-order valence-corrected chi connectivity index (χ2v) is 19.2. The van der Waals surface area contributed by atoms with Crippen molar-refractivity contribution in [2.45, 2.75) is 45.4 Å². The molecule has 0 bridgehead atoms. The zero-order chi connectivity index (χ0) is 42.1. The van der Waals surface area contributed by atoms with Crippen LogP contribution in [0.2, 0.25) is 0 Å². The Morgan fingerprint density at radius 3 is 2.06 bits per heavy atom. The van der Waals surface area contributed by atoms with Gasteiger partial charge < -0.3 is 23.3 Å². The molecule has 10 aromatic rings. The summed E-state index contributed by atoms with van der Waals surface area (Å²) in [7, 11) is 0. The van der Waals surface area contributed by atoms with E-state index in [1.807, 2.05) is 24.3 Å². The van der Waals surface area contributed by atoms with Gasteiger partial charge in [0.25, 0.3) is 0 Å². The van der Waals surface area contributed by atoms with Gasteiger partial charge in [0.15, 0.2) is 28.7 Å². The van der Waals surface area contributed by atoms with Gasteiger partial charge in [0.2, 0.25) is 0 Å². The van der Waals surface area contributed by atoms with Crippen LogP contribution in [0.5, 0.6) is 23.0 Å². The summed E-state index contributed by atoms with van der Waals surface area (Å²) < 4.78 is 23.2. The van der Waals surface area contributed by atoms with E-state index in [0.717, 1.165) is 38.9 Å². The molecule has 63 heavy (non-hydrogen) atoms. The van der Waals surface area contributed by atoms with Crippen LogP contribution in [0.1, 0.15) is 51.3 Å². The predicted octanol–water partition coefficient (Wildman–Crippen LogP) is 14.1. The molecule has 300 valence electrons. The third kappa shape index (κ3) is 4.52. The van der Waals surface area contributed by atoms with Crippen molar-refractivity contribution in [3.05, 3.63) is 174 Å². The van der Waals surface area contributed by atoms with Crippen molar-refractivity contribution in [3.8, 4) is 56.4 Å². The highest BCUT2D eigenvalue weighted by atomic mass is 16.6. The van der Waals surface area contributed by atoms with E-state index in [2.05, 4.69) is 177 Å². The highest BCUT2D eigenvalue weighted by Gasteiger charge is 2.50. The molecule has 0 atom stereocenters. The molecule has 5 heterocycles. The summed E-state index contributed by atoms with van der Waals surface area (Å²) >= 11 is 0. The fraction of sp³-hybridized carbons (Fsp3) is 0.123. The first-order chi connectivity index (χ1) is 30.6. The van der Waals surface area contributed by atoms with Gasteiger partial charge in [-0.1, -0.05) is 144 Å². The number of ether oxygens (including phenoxy) is 2. The Hall–Kier alpha value is -7.44. The highest BCUT2D eigenvalue weighted by molar-refractivity contribution is 6.90. The highest BCUT2D eigenvalue weighted by Crippen LogP contribution is 2.59. The molecule has 0 radical (unpaired) electrons. The second kappa shape index (κ2) is 11.9. The number of para-hydroxylation sites is 4. The smallest absolute Gasteiger partial charge is 0.336 e. The van der Waals surface area contributed by atoms with Crippen LogP contribution in [0, 0.1) is 0 Å². The zero-order valence-electron chi connectivity index (χ0n) is 35.7. The summed E-state index contributed by atoms with van der Waals surface area (Å²) in [5, 5.41) is 3.47. The molecule has 14 rings (SSSR count). The van der Waals surface area contributed by atoms with Gasteiger partial charge in [0.05, 0.1) is 11.1 Å². The fourth-order valence-electron chi connectivity index (χ4n) is 11.5. The molecule has 3 aliphatic heterocycles. The van der Waals surface area contributed by atoms with Crippen molar-refractivity contribution in [1.82, 2.24) is 4.48 Å². The van der Waals surface area contributed by atoms with E-state index >= 15 is 0 Å². The molecule has 4 aliphatic rings. The van der Waals surface area contributed by atoms with Crippen LogP contribution >= 0.6 is 0 Å². The summed E-state index contributed by atoms with van der Waals surface area (Å²) in [4.78, 5) is 2.58. The summed E-state index contributed by atoms with van der Waals surface area (Å²) in [6.07, 6.45) is 0. The summed E-state index contributed by atoms with van der Waals surface area (Å²) in [5.41, 5.74) is 19.6. The molecule has 0 saturated carbocycles. The van der Waals surface area contributed by atoms with Crippen LogP contribution in [-0.2, 0) is 10.8 Å². The van der Waals surface area contributed by atoms with E-state index < -0.39 is 0 Å². The van der Waals surface area contributed by atoms with Gasteiger partial charge in [-0.3, -0.25) is 0 Å². The lowest BCUT2D eigenvalue weighted by Crippen LogP contribution is -2.57. The van der Waals surface area contributed by atoms with E-state index in [0.29, 0.717) is 23.0 Å². The van der Waals surface area contributed by atoms with Gasteiger partial charge >= 0.3 is 6.85 Å². The molecular formula is C57H41BN2O3. The molecule has 0 amide bonds. The average molecular weight is 813 g/mol. The van der Waals surface area contributed by atoms with Gasteiger partial charge in [-0.15, -0.1) is 0 Å². The lowest BCUT2D eigenvalue weighted by atomic mass is 9.44. The number of fused-ring (bicyclic) bond motifs is 15. The van der Waals surface area contributed by atoms with Gasteiger partial charge in [0.1, 0.15) is 5.58 Å². The van der Waals surface area contributed by atoms with E-state index in [4.69, 9.17) is 13.9 Å². The van der Waals surface area contributed by atoms with Crippen molar-refractivity contribution < 1.29 is 13.9 Å². The molecule has 2 aromatic heterocycles. The number of benzene rings is 8. The maximum Gasteiger partial charge on any atom is 0.336 e. The quantitative estimate of drug-likeness (QED) is 0.163. The lowest BCUT2D eigenvalue weighted by molar-refractivity contribution is 0.360. The minimum Gasteiger partial charge on any atom is -0.450 e. The Balaban J connectivity index is 1.18. The Kier molecular flexibility index (Phi) is 6.66. The van der Waals surface area contributed by atoms with Crippen molar-refractivity contribution in [1.29, 1.82) is 0 Å². The predicted molar refractivity (Wildman–Crippen MR) is 258 cm³/mol. The van der Waals surface area contributed by atoms with Gasteiger partial charge in [-0.25, -0.2) is 0 Å². The number of anilines is 3. The van der Waals surface area contributed by atoms with E-state index in [1.54, 1.807) is 0 Å². The maximum absolute atomic E-state index is 7.04. The zero-order valence-corrected chi connectivity index (χ0v) is 35.7. The largest absolute Gasteiger partial charge is 0.450 e. The molecule has 0 N–H and O–H groups in total. The third-order valence-electron chi connectivity index (χ3n) is 14.3. The van der Waals surface area contributed by atoms with E-state index in [9.17, 15) is 0 Å². The molecule has 1 aliphatic carbocycles. The average Bonchev–Trinajstić information content (AvgIpc) is 3.91. The number of hydrogen-bond acceptors (Lipinski definition) is 4. The maximum atomic E-state index is 7.04. The second-order valence-electron chi connectivity index (χ2n) is 19.2. The first-order valence-corrected chi connectivity index (χ1v) is 22.0. The monoisotopic (exact) mass is 812 g/mol. The summed E-state index contributed by atoms with van der Waals surface area (Å²) in [6.45, 7) is 11.5. The molecule has 0 spiro atoms. The van der Waals surface area contributed by atoms with Gasteiger partial charge in [-0.2, -0.15) is 0 Å². The topological polar surface area (TPSA) is 39.8 Å². The molecule has 6 heteroatoms. The number of hydrogen-bond donors (Lipinski definition) is 0. The van der Waals surface area contributed by atoms with Crippen LogP contribution in [0.15, 0.2) is 162 Å². The summed E-state index contributed by atoms with van der Waals surface area (Å²) in [6, 6.07) is 57.3. The van der Waals surface area contributed by atoms with Crippen molar-refractivity contribution >= 4 is 67.8 Å². The molecule has 5 nitrogen and oxygen atoms in total. The molecule has 0 unspecified atom stereocenters. The van der Waals surface area contributed by atoms with Crippen LogP contribution in [0.25, 0.3) is 66.4 Å². The third-order valence-corrected chi connectivity index (χ3v) is 14.3. The van der Waals surface area contributed by atoms with Gasteiger partial charge in [-0.05, 0) is 97.7 Å². The normalized spacial score (nSPS) is 14.7. The van der Waals surface area contributed by atoms with Gasteiger partial charge in [0, 0.05) is 50.3 Å². The molecule has 0 fully saturated rings. The minimum atomic E-state index is -0.334. The van der Waals surface area contributed by atoms with Crippen molar-refractivity contribution in [2.24, 2.45) is 0 Å². The Bertz CT molecular complexity index is 3660. The summed E-state index contributed by atoms with van der Waals surface area (Å²) in [5.74, 6) is 2.79. The Morgan fingerprint density at radius 1 is 0.556 bits per heavy atom. The first-order valence-electron chi connectivity index (χ1n) is 22.0. The van der Waals surface area contributed by atoms with Crippen LogP contribution in [-0.4, -0.2) is 11.3 Å². The SMILES string of the molecule is CC(C)(C)c1ccc(N2c3cc4c(cc3B3c5c(cc6c(c52)C(C)(C)c2ccccc2-6)-c2cccc5c6c7ccccc7oc6n3c25)Oc2ccccc2O4)c(-c2ccccc2)c1. The number of furan rings is 1. The lowest BCUT2D eigenvalue weighted by Gasteiger charge is -2.44.